The summed E-state index contributed by atoms with van der Waals surface area (Å²) >= 11 is 1.34. The van der Waals surface area contributed by atoms with Crippen LogP contribution >= 0.6 is 11.3 Å². The molecule has 130 valence electrons. The Morgan fingerprint density at radius 1 is 1.23 bits per heavy atom. The Labute approximate surface area is 151 Å². The summed E-state index contributed by atoms with van der Waals surface area (Å²) in [4.78, 5) is 28.7. The molecular formula is C19H14N2O4S. The number of carboxylic acids is 1. The summed E-state index contributed by atoms with van der Waals surface area (Å²) in [5.41, 5.74) is 2.33. The number of thiazole rings is 1. The summed E-state index contributed by atoms with van der Waals surface area (Å²) < 4.78 is 7.51. The van der Waals surface area contributed by atoms with Crippen molar-refractivity contribution in [2.45, 2.75) is 13.0 Å². The highest BCUT2D eigenvalue weighted by molar-refractivity contribution is 7.15. The van der Waals surface area contributed by atoms with Crippen LogP contribution in [0.15, 0.2) is 53.3 Å². The molecule has 0 aliphatic heterocycles. The highest BCUT2D eigenvalue weighted by Gasteiger charge is 2.12. The lowest BCUT2D eigenvalue weighted by atomic mass is 10.2. The fraction of sp³-hybridized carbons (Fsp3) is 0.105. The summed E-state index contributed by atoms with van der Waals surface area (Å²) in [5, 5.41) is 8.87. The van der Waals surface area contributed by atoms with Gasteiger partial charge in [0.2, 0.25) is 0 Å². The minimum atomic E-state index is -1.02. The average Bonchev–Trinajstić information content (AvgIpc) is 3.13. The third kappa shape index (κ3) is 2.82. The van der Waals surface area contributed by atoms with Gasteiger partial charge in [-0.05, 0) is 42.8 Å². The van der Waals surface area contributed by atoms with Crippen LogP contribution in [-0.4, -0.2) is 26.6 Å². The molecule has 6 nitrogen and oxygen atoms in total. The molecule has 26 heavy (non-hydrogen) atoms. The molecule has 0 saturated carbocycles. The summed E-state index contributed by atoms with van der Waals surface area (Å²) in [6.07, 6.45) is 0.873. The lowest BCUT2D eigenvalue weighted by molar-refractivity contribution is -0.144. The largest absolute Gasteiger partial charge is 0.479 e. The second-order valence-corrected chi connectivity index (χ2v) is 6.81. The maximum atomic E-state index is 12.7. The zero-order valence-corrected chi connectivity index (χ0v) is 14.6. The summed E-state index contributed by atoms with van der Waals surface area (Å²) in [5.74, 6) is -0.558. The van der Waals surface area contributed by atoms with E-state index in [1.165, 1.54) is 18.3 Å². The molecular weight excluding hydrogens is 352 g/mol. The molecule has 0 radical (unpaired) electrons. The Balaban J connectivity index is 1.71. The van der Waals surface area contributed by atoms with Gasteiger partial charge >= 0.3 is 5.97 Å². The van der Waals surface area contributed by atoms with E-state index in [-0.39, 0.29) is 5.56 Å². The predicted octanol–water partition coefficient (Wildman–Crippen LogP) is 2.31. The van der Waals surface area contributed by atoms with Gasteiger partial charge in [-0.15, -0.1) is 0 Å². The lowest BCUT2D eigenvalue weighted by Crippen LogP contribution is -2.23. The van der Waals surface area contributed by atoms with Crippen LogP contribution in [0.3, 0.4) is 0 Å². The summed E-state index contributed by atoms with van der Waals surface area (Å²) in [7, 11) is 0. The molecule has 0 aliphatic carbocycles. The minimum Gasteiger partial charge on any atom is -0.479 e. The second kappa shape index (κ2) is 6.27. The monoisotopic (exact) mass is 366 g/mol. The number of hydrogen-bond acceptors (Lipinski definition) is 5. The van der Waals surface area contributed by atoms with E-state index in [0.29, 0.717) is 15.2 Å². The van der Waals surface area contributed by atoms with Crippen LogP contribution in [0, 0.1) is 0 Å². The quantitative estimate of drug-likeness (QED) is 0.599. The molecule has 2 aromatic carbocycles. The predicted molar refractivity (Wildman–Crippen MR) is 99.8 cm³/mol. The number of nitrogens with zero attached hydrogens (tertiary/aromatic N) is 2. The number of benzene rings is 2. The van der Waals surface area contributed by atoms with E-state index >= 15 is 0 Å². The van der Waals surface area contributed by atoms with Crippen molar-refractivity contribution in [2.24, 2.45) is 0 Å². The van der Waals surface area contributed by atoms with Gasteiger partial charge in [-0.1, -0.05) is 35.6 Å². The molecule has 0 aliphatic rings. The second-order valence-electron chi connectivity index (χ2n) is 5.80. The maximum absolute atomic E-state index is 12.7. The number of hydrogen-bond donors (Lipinski definition) is 1. The van der Waals surface area contributed by atoms with E-state index in [4.69, 9.17) is 9.84 Å². The van der Waals surface area contributed by atoms with Gasteiger partial charge in [0, 0.05) is 0 Å². The van der Waals surface area contributed by atoms with Gasteiger partial charge in [0.05, 0.1) is 15.6 Å². The Morgan fingerprint density at radius 3 is 2.69 bits per heavy atom. The van der Waals surface area contributed by atoms with Gasteiger partial charge in [-0.3, -0.25) is 4.79 Å². The third-order valence-electron chi connectivity index (χ3n) is 3.98. The molecule has 0 fully saturated rings. The van der Waals surface area contributed by atoms with Crippen LogP contribution in [0.4, 0.5) is 0 Å². The molecule has 7 heteroatoms. The zero-order chi connectivity index (χ0) is 18.3. The van der Waals surface area contributed by atoms with Crippen molar-refractivity contribution in [3.8, 4) is 5.75 Å². The first-order chi connectivity index (χ1) is 12.5. The van der Waals surface area contributed by atoms with E-state index in [1.807, 2.05) is 24.3 Å². The van der Waals surface area contributed by atoms with E-state index in [2.05, 4.69) is 4.98 Å². The molecule has 1 atom stereocenters. The van der Waals surface area contributed by atoms with Gasteiger partial charge in [0.15, 0.2) is 11.1 Å². The van der Waals surface area contributed by atoms with Crippen LogP contribution in [-0.2, 0) is 4.79 Å². The van der Waals surface area contributed by atoms with Gasteiger partial charge in [0.1, 0.15) is 5.75 Å². The zero-order valence-electron chi connectivity index (χ0n) is 13.7. The molecule has 0 unspecified atom stereocenters. The van der Waals surface area contributed by atoms with Gasteiger partial charge < -0.3 is 9.84 Å². The third-order valence-corrected chi connectivity index (χ3v) is 4.95. The molecule has 1 N–H and O–H groups in total. The van der Waals surface area contributed by atoms with E-state index in [1.54, 1.807) is 34.7 Å². The van der Waals surface area contributed by atoms with Crippen LogP contribution in [0.2, 0.25) is 0 Å². The van der Waals surface area contributed by atoms with Gasteiger partial charge in [-0.2, -0.15) is 0 Å². The molecule has 2 heterocycles. The molecule has 4 rings (SSSR count). The Morgan fingerprint density at radius 2 is 1.96 bits per heavy atom. The number of para-hydroxylation sites is 2. The number of aromatic nitrogens is 2. The number of carboxylic acid groups (broad SMARTS) is 1. The number of imidazole rings is 1. The van der Waals surface area contributed by atoms with Crippen molar-refractivity contribution in [1.82, 2.24) is 9.38 Å². The topological polar surface area (TPSA) is 80.9 Å². The lowest BCUT2D eigenvalue weighted by Gasteiger charge is -2.09. The molecule has 4 aromatic rings. The summed E-state index contributed by atoms with van der Waals surface area (Å²) in [6.45, 7) is 1.47. The number of ether oxygens (including phenoxy) is 1. The van der Waals surface area contributed by atoms with Crippen molar-refractivity contribution >= 4 is 39.4 Å². The number of fused-ring (bicyclic) bond motifs is 3. The van der Waals surface area contributed by atoms with Gasteiger partial charge in [0.25, 0.3) is 5.56 Å². The first-order valence-electron chi connectivity index (χ1n) is 7.94. The average molecular weight is 366 g/mol. The van der Waals surface area contributed by atoms with E-state index in [9.17, 15) is 9.59 Å². The normalized spacial score (nSPS) is 13.3. The standard InChI is InChI=1S/C19H14N2O4S/c1-11(18(23)24)25-13-8-6-12(7-9-13)10-16-17(22)21-15-5-3-2-4-14(15)20-19(21)26-16/h2-11H,1H3,(H,23,24)/b16-10-/t11-/m0/s1. The SMILES string of the molecule is C[C@H](Oc1ccc(/C=c2\sc3nc4ccccc4n3c2=O)cc1)C(=O)O. The van der Waals surface area contributed by atoms with Crippen molar-refractivity contribution in [3.63, 3.8) is 0 Å². The maximum Gasteiger partial charge on any atom is 0.344 e. The number of rotatable bonds is 4. The molecule has 2 aromatic heterocycles. The molecule has 0 amide bonds. The smallest absolute Gasteiger partial charge is 0.344 e. The number of carbonyl (C=O) groups is 1. The fourth-order valence-corrected chi connectivity index (χ4v) is 3.65. The van der Waals surface area contributed by atoms with E-state index < -0.39 is 12.1 Å². The minimum absolute atomic E-state index is 0.0986. The highest BCUT2D eigenvalue weighted by atomic mass is 32.1. The van der Waals surface area contributed by atoms with Crippen LogP contribution in [0.1, 0.15) is 12.5 Å². The Kier molecular flexibility index (Phi) is 3.93. The first kappa shape index (κ1) is 16.3. The Hall–Kier alpha value is -3.19. The van der Waals surface area contributed by atoms with Crippen LogP contribution in [0.25, 0.3) is 22.1 Å². The number of aliphatic carboxylic acids is 1. The molecule has 0 bridgehead atoms. The van der Waals surface area contributed by atoms with Crippen LogP contribution < -0.4 is 14.8 Å². The fourth-order valence-electron chi connectivity index (χ4n) is 2.66. The first-order valence-corrected chi connectivity index (χ1v) is 8.76. The van der Waals surface area contributed by atoms with E-state index in [0.717, 1.165) is 16.6 Å². The van der Waals surface area contributed by atoms with Crippen molar-refractivity contribution < 1.29 is 14.6 Å². The molecule has 0 saturated heterocycles. The van der Waals surface area contributed by atoms with Crippen molar-refractivity contribution in [1.29, 1.82) is 0 Å². The van der Waals surface area contributed by atoms with Crippen molar-refractivity contribution in [2.75, 3.05) is 0 Å². The summed E-state index contributed by atoms with van der Waals surface area (Å²) in [6, 6.07) is 14.5. The van der Waals surface area contributed by atoms with Crippen LogP contribution in [0.5, 0.6) is 5.75 Å². The molecule has 0 spiro atoms. The van der Waals surface area contributed by atoms with Crippen molar-refractivity contribution in [3.05, 3.63) is 69.0 Å². The Bertz CT molecular complexity index is 1220. The van der Waals surface area contributed by atoms with Gasteiger partial charge in [-0.25, -0.2) is 14.2 Å². The highest BCUT2D eigenvalue weighted by Crippen LogP contribution is 2.17.